The monoisotopic (exact) mass is 434 g/mol. The van der Waals surface area contributed by atoms with E-state index < -0.39 is 35.0 Å². The number of hydrogen-bond donors (Lipinski definition) is 3. The number of thioether (sulfide) groups is 1. The molecular weight excluding hydrogens is 414 g/mol. The molecule has 3 N–H and O–H groups in total. The Morgan fingerprint density at radius 3 is 2.70 bits per heavy atom. The summed E-state index contributed by atoms with van der Waals surface area (Å²) in [6.07, 6.45) is 3.11. The Hall–Kier alpha value is -2.77. The van der Waals surface area contributed by atoms with E-state index in [1.165, 1.54) is 25.0 Å². The third-order valence-corrected chi connectivity index (χ3v) is 5.80. The van der Waals surface area contributed by atoms with Crippen molar-refractivity contribution in [3.05, 3.63) is 57.0 Å². The molecule has 2 fully saturated rings. The number of nitrogens with one attached hydrogen (secondary N) is 2. The molecule has 0 amide bonds. The highest BCUT2D eigenvalue weighted by Gasteiger charge is 2.47. The molecule has 4 rings (SSSR count). The van der Waals surface area contributed by atoms with Crippen LogP contribution in [0.1, 0.15) is 42.0 Å². The van der Waals surface area contributed by atoms with Gasteiger partial charge in [-0.3, -0.25) is 9.59 Å². The molecule has 2 atom stereocenters. The molecule has 1 aromatic heterocycles. The average Bonchev–Trinajstić information content (AvgIpc) is 3.62. The van der Waals surface area contributed by atoms with Crippen LogP contribution in [0.3, 0.4) is 0 Å². The van der Waals surface area contributed by atoms with Gasteiger partial charge >= 0.3 is 5.97 Å². The number of carbonyl (C=O) groups is 1. The zero-order valence-corrected chi connectivity index (χ0v) is 16.9. The van der Waals surface area contributed by atoms with Crippen LogP contribution in [0.25, 0.3) is 0 Å². The number of carboxylic acids is 1. The number of carboxylic acid groups (broad SMARTS) is 1. The van der Waals surface area contributed by atoms with Gasteiger partial charge in [-0.1, -0.05) is 23.9 Å². The standard InChI is InChI=1S/C16H11F2N3O3S.C4H9N/c17-11-3-1-2-7(12(11)18)6-25-16-20-13(8-4-9(8)15(23)24)10(5-19)14(22)21-16;1-5-4-2-3-4/h1-3,8-9H,4,6H2,(H,23,24)(H,20,21,22);4-5H,2-3H2,1H3. The summed E-state index contributed by atoms with van der Waals surface area (Å²) in [5, 5.41) is 21.4. The summed E-state index contributed by atoms with van der Waals surface area (Å²) in [4.78, 5) is 29.6. The van der Waals surface area contributed by atoms with Crippen LogP contribution in [0, 0.1) is 28.9 Å². The Kier molecular flexibility index (Phi) is 6.84. The fourth-order valence-corrected chi connectivity index (χ4v) is 3.71. The lowest BCUT2D eigenvalue weighted by Crippen LogP contribution is -2.17. The molecule has 0 aliphatic heterocycles. The van der Waals surface area contributed by atoms with Crippen LogP contribution >= 0.6 is 11.8 Å². The number of aromatic amines is 1. The minimum absolute atomic E-state index is 0.0187. The van der Waals surface area contributed by atoms with Gasteiger partial charge in [0.25, 0.3) is 5.56 Å². The summed E-state index contributed by atoms with van der Waals surface area (Å²) in [6.45, 7) is 0. The van der Waals surface area contributed by atoms with Gasteiger partial charge in [0.05, 0.1) is 11.6 Å². The maximum Gasteiger partial charge on any atom is 0.307 e. The highest BCUT2D eigenvalue weighted by Crippen LogP contribution is 2.47. The number of aromatic nitrogens is 2. The van der Waals surface area contributed by atoms with Gasteiger partial charge in [-0.25, -0.2) is 13.8 Å². The van der Waals surface area contributed by atoms with E-state index in [0.717, 1.165) is 23.9 Å². The quantitative estimate of drug-likeness (QED) is 0.472. The van der Waals surface area contributed by atoms with E-state index >= 15 is 0 Å². The van der Waals surface area contributed by atoms with Crippen LogP contribution < -0.4 is 10.9 Å². The zero-order chi connectivity index (χ0) is 21.8. The van der Waals surface area contributed by atoms with Gasteiger partial charge in [0.1, 0.15) is 11.6 Å². The highest BCUT2D eigenvalue weighted by molar-refractivity contribution is 7.98. The van der Waals surface area contributed by atoms with Crippen molar-refractivity contribution >= 4 is 17.7 Å². The van der Waals surface area contributed by atoms with Crippen molar-refractivity contribution < 1.29 is 18.7 Å². The molecule has 2 saturated carbocycles. The van der Waals surface area contributed by atoms with Crippen molar-refractivity contribution in [2.75, 3.05) is 7.05 Å². The number of hydrogen-bond acceptors (Lipinski definition) is 6. The first-order chi connectivity index (χ1) is 14.3. The Morgan fingerprint density at radius 1 is 1.43 bits per heavy atom. The maximum absolute atomic E-state index is 13.7. The third kappa shape index (κ3) is 5.23. The van der Waals surface area contributed by atoms with E-state index in [0.29, 0.717) is 6.42 Å². The topological polar surface area (TPSA) is 119 Å². The van der Waals surface area contributed by atoms with E-state index in [-0.39, 0.29) is 27.7 Å². The van der Waals surface area contributed by atoms with Gasteiger partial charge in [-0.2, -0.15) is 5.26 Å². The number of nitrogens with zero attached hydrogens (tertiary/aromatic N) is 2. The summed E-state index contributed by atoms with van der Waals surface area (Å²) in [6, 6.07) is 6.41. The van der Waals surface area contributed by atoms with Gasteiger partial charge in [0.2, 0.25) is 0 Å². The van der Waals surface area contributed by atoms with Crippen LogP contribution in [-0.4, -0.2) is 34.1 Å². The fourth-order valence-electron chi connectivity index (χ4n) is 2.86. The van der Waals surface area contributed by atoms with Crippen LogP contribution in [0.2, 0.25) is 0 Å². The molecule has 7 nitrogen and oxygen atoms in total. The summed E-state index contributed by atoms with van der Waals surface area (Å²) >= 11 is 0.969. The maximum atomic E-state index is 13.7. The first kappa shape index (κ1) is 21.9. The van der Waals surface area contributed by atoms with Crippen LogP contribution in [-0.2, 0) is 10.5 Å². The largest absolute Gasteiger partial charge is 0.481 e. The minimum Gasteiger partial charge on any atom is -0.481 e. The predicted molar refractivity (Wildman–Crippen MR) is 106 cm³/mol. The smallest absolute Gasteiger partial charge is 0.307 e. The molecule has 10 heteroatoms. The molecule has 0 radical (unpaired) electrons. The molecule has 30 heavy (non-hydrogen) atoms. The number of aliphatic carboxylic acids is 1. The van der Waals surface area contributed by atoms with E-state index in [1.807, 2.05) is 7.05 Å². The molecule has 2 aliphatic carbocycles. The number of halogens is 2. The van der Waals surface area contributed by atoms with E-state index in [9.17, 15) is 18.4 Å². The zero-order valence-electron chi connectivity index (χ0n) is 16.1. The highest BCUT2D eigenvalue weighted by atomic mass is 32.2. The Morgan fingerprint density at radius 2 is 2.17 bits per heavy atom. The lowest BCUT2D eigenvalue weighted by atomic mass is 10.1. The number of H-pyrrole nitrogens is 1. The Labute approximate surface area is 175 Å². The van der Waals surface area contributed by atoms with E-state index in [2.05, 4.69) is 15.3 Å². The number of benzene rings is 1. The molecule has 1 aromatic carbocycles. The van der Waals surface area contributed by atoms with Gasteiger partial charge in [0.15, 0.2) is 16.8 Å². The van der Waals surface area contributed by atoms with Crippen molar-refractivity contribution in [2.24, 2.45) is 5.92 Å². The number of rotatable bonds is 6. The lowest BCUT2D eigenvalue weighted by Gasteiger charge is -2.06. The first-order valence-electron chi connectivity index (χ1n) is 9.35. The first-order valence-corrected chi connectivity index (χ1v) is 10.3. The van der Waals surface area contributed by atoms with Gasteiger partial charge in [0, 0.05) is 23.3 Å². The van der Waals surface area contributed by atoms with Crippen molar-refractivity contribution in [3.63, 3.8) is 0 Å². The molecule has 2 aliphatic rings. The van der Waals surface area contributed by atoms with Crippen molar-refractivity contribution in [1.82, 2.24) is 15.3 Å². The molecule has 2 unspecified atom stereocenters. The van der Waals surface area contributed by atoms with Crippen molar-refractivity contribution in [1.29, 1.82) is 5.26 Å². The summed E-state index contributed by atoms with van der Waals surface area (Å²) in [7, 11) is 2.01. The molecule has 0 saturated heterocycles. The normalized spacial score (nSPS) is 19.4. The van der Waals surface area contributed by atoms with Crippen molar-refractivity contribution in [2.45, 2.75) is 42.1 Å². The predicted octanol–water partition coefficient (Wildman–Crippen LogP) is 2.77. The Bertz CT molecular complexity index is 1050. The van der Waals surface area contributed by atoms with Gasteiger partial charge < -0.3 is 15.4 Å². The van der Waals surface area contributed by atoms with Gasteiger partial charge in [-0.15, -0.1) is 0 Å². The molecule has 0 bridgehead atoms. The minimum atomic E-state index is -1.01. The lowest BCUT2D eigenvalue weighted by molar-refractivity contribution is -0.138. The summed E-state index contributed by atoms with van der Waals surface area (Å²) in [5.41, 5.74) is -0.643. The van der Waals surface area contributed by atoms with E-state index in [1.54, 1.807) is 6.07 Å². The summed E-state index contributed by atoms with van der Waals surface area (Å²) < 4.78 is 26.9. The molecule has 158 valence electrons. The summed E-state index contributed by atoms with van der Waals surface area (Å²) in [5.74, 6) is -4.08. The van der Waals surface area contributed by atoms with Gasteiger partial charge in [-0.05, 0) is 32.4 Å². The van der Waals surface area contributed by atoms with Crippen LogP contribution in [0.15, 0.2) is 28.2 Å². The second kappa shape index (κ2) is 9.36. The fraction of sp³-hybridized carbons (Fsp3) is 0.400. The Balaban J connectivity index is 0.000000448. The molecule has 0 spiro atoms. The number of nitriles is 1. The molecular formula is C20H20F2N4O3S. The second-order valence-electron chi connectivity index (χ2n) is 7.09. The van der Waals surface area contributed by atoms with E-state index in [4.69, 9.17) is 10.4 Å². The third-order valence-electron chi connectivity index (χ3n) is 4.88. The molecule has 1 heterocycles. The van der Waals surface area contributed by atoms with Crippen molar-refractivity contribution in [3.8, 4) is 6.07 Å². The SMILES string of the molecule is CNC1CC1.N#Cc1c(C2CC2C(=O)O)nc(SCc2cccc(F)c2F)[nH]c1=O. The average molecular weight is 434 g/mol. The second-order valence-corrected chi connectivity index (χ2v) is 8.06. The molecule has 2 aromatic rings. The van der Waals surface area contributed by atoms with Crippen LogP contribution in [0.4, 0.5) is 8.78 Å². The van der Waals surface area contributed by atoms with Crippen LogP contribution in [0.5, 0.6) is 0 Å².